The molecule has 0 unspecified atom stereocenters. The molecule has 2 aromatic heterocycles. The number of furan rings is 1. The summed E-state index contributed by atoms with van der Waals surface area (Å²) < 4.78 is 7.04. The molecule has 3 heterocycles. The summed E-state index contributed by atoms with van der Waals surface area (Å²) in [5.41, 5.74) is 2.36. The lowest BCUT2D eigenvalue weighted by Crippen LogP contribution is -2.64. The highest BCUT2D eigenvalue weighted by Gasteiger charge is 2.49. The molecule has 5 rings (SSSR count). The highest BCUT2D eigenvalue weighted by atomic mass is 35.5. The van der Waals surface area contributed by atoms with E-state index in [4.69, 9.17) is 16.0 Å². The quantitative estimate of drug-likeness (QED) is 0.449. The standard InChI is InChI=1S/C26H23ClN4O3/c1-17-6-3-4-7-18(17)15-28-25(33)26(2)16-30-22(14-21(29-30)23-8-5-13-34-23)24(32)31(26)20-11-9-19(27)10-12-20/h3-14H,15-16H2,1-2H3,(H,28,33)/t26-/m1/s1. The fourth-order valence-electron chi connectivity index (χ4n) is 4.30. The van der Waals surface area contributed by atoms with E-state index < -0.39 is 5.54 Å². The largest absolute Gasteiger partial charge is 0.463 e. The molecule has 0 bridgehead atoms. The number of anilines is 1. The van der Waals surface area contributed by atoms with E-state index >= 15 is 0 Å². The number of aromatic nitrogens is 2. The van der Waals surface area contributed by atoms with Crippen LogP contribution in [0.5, 0.6) is 0 Å². The topological polar surface area (TPSA) is 80.4 Å². The Morgan fingerprint density at radius 2 is 1.91 bits per heavy atom. The number of carbonyl (C=O) groups excluding carboxylic acids is 2. The maximum Gasteiger partial charge on any atom is 0.277 e. The molecular weight excluding hydrogens is 452 g/mol. The Morgan fingerprint density at radius 1 is 1.15 bits per heavy atom. The summed E-state index contributed by atoms with van der Waals surface area (Å²) in [5.74, 6) is -0.0503. The second-order valence-electron chi connectivity index (χ2n) is 8.55. The molecule has 0 radical (unpaired) electrons. The van der Waals surface area contributed by atoms with Crippen molar-refractivity contribution in [2.75, 3.05) is 4.90 Å². The molecule has 1 aliphatic heterocycles. The number of aryl methyl sites for hydroxylation is 1. The predicted octanol–water partition coefficient (Wildman–Crippen LogP) is 4.84. The van der Waals surface area contributed by atoms with Crippen molar-refractivity contribution in [1.82, 2.24) is 15.1 Å². The molecule has 2 amide bonds. The van der Waals surface area contributed by atoms with Gasteiger partial charge in [0.05, 0.1) is 12.8 Å². The van der Waals surface area contributed by atoms with Gasteiger partial charge in [0, 0.05) is 23.3 Å². The molecule has 34 heavy (non-hydrogen) atoms. The zero-order chi connectivity index (χ0) is 23.9. The van der Waals surface area contributed by atoms with Crippen LogP contribution in [0, 0.1) is 6.92 Å². The minimum atomic E-state index is -1.23. The third-order valence-corrected chi connectivity index (χ3v) is 6.45. The Morgan fingerprint density at radius 3 is 2.62 bits per heavy atom. The first-order valence-electron chi connectivity index (χ1n) is 10.9. The Labute approximate surface area is 201 Å². The minimum absolute atomic E-state index is 0.178. The minimum Gasteiger partial charge on any atom is -0.463 e. The van der Waals surface area contributed by atoms with Gasteiger partial charge >= 0.3 is 0 Å². The Kier molecular flexibility index (Phi) is 5.49. The van der Waals surface area contributed by atoms with Gasteiger partial charge in [0.15, 0.2) is 5.76 Å². The number of nitrogens with one attached hydrogen (secondary N) is 1. The van der Waals surface area contributed by atoms with Gasteiger partial charge in [-0.3, -0.25) is 19.2 Å². The number of nitrogens with zero attached hydrogens (tertiary/aromatic N) is 3. The van der Waals surface area contributed by atoms with Crippen LogP contribution >= 0.6 is 11.6 Å². The fraction of sp³-hybridized carbons (Fsp3) is 0.192. The number of fused-ring (bicyclic) bond motifs is 1. The van der Waals surface area contributed by atoms with E-state index in [2.05, 4.69) is 10.4 Å². The highest BCUT2D eigenvalue weighted by molar-refractivity contribution is 6.30. The summed E-state index contributed by atoms with van der Waals surface area (Å²) in [7, 11) is 0. The highest BCUT2D eigenvalue weighted by Crippen LogP contribution is 2.34. The lowest BCUT2D eigenvalue weighted by atomic mass is 9.93. The first-order valence-corrected chi connectivity index (χ1v) is 11.3. The zero-order valence-electron chi connectivity index (χ0n) is 18.8. The fourth-order valence-corrected chi connectivity index (χ4v) is 4.42. The number of amides is 2. The van der Waals surface area contributed by atoms with Gasteiger partial charge in [-0.05, 0) is 61.4 Å². The van der Waals surface area contributed by atoms with Crippen LogP contribution in [-0.2, 0) is 17.9 Å². The molecule has 0 fully saturated rings. The van der Waals surface area contributed by atoms with Crippen molar-refractivity contribution in [3.63, 3.8) is 0 Å². The maximum atomic E-state index is 13.8. The summed E-state index contributed by atoms with van der Waals surface area (Å²) >= 11 is 6.09. The normalized spacial score (nSPS) is 17.5. The van der Waals surface area contributed by atoms with Gasteiger partial charge in [-0.25, -0.2) is 0 Å². The molecule has 172 valence electrons. The summed E-state index contributed by atoms with van der Waals surface area (Å²) in [6.07, 6.45) is 1.55. The van der Waals surface area contributed by atoms with E-state index in [-0.39, 0.29) is 18.4 Å². The molecule has 8 heteroatoms. The smallest absolute Gasteiger partial charge is 0.277 e. The molecule has 0 saturated heterocycles. The van der Waals surface area contributed by atoms with E-state index in [1.165, 1.54) is 4.90 Å². The van der Waals surface area contributed by atoms with E-state index in [0.717, 1.165) is 11.1 Å². The monoisotopic (exact) mass is 474 g/mol. The SMILES string of the molecule is Cc1ccccc1CNC(=O)[C@@]1(C)Cn2nc(-c3ccco3)cc2C(=O)N1c1ccc(Cl)cc1. The Balaban J connectivity index is 1.54. The van der Waals surface area contributed by atoms with Crippen molar-refractivity contribution in [3.05, 3.63) is 94.8 Å². The molecule has 7 nitrogen and oxygen atoms in total. The second kappa shape index (κ2) is 8.50. The van der Waals surface area contributed by atoms with Crippen molar-refractivity contribution in [2.24, 2.45) is 0 Å². The van der Waals surface area contributed by atoms with Crippen LogP contribution in [0.25, 0.3) is 11.5 Å². The molecule has 0 saturated carbocycles. The van der Waals surface area contributed by atoms with Crippen LogP contribution in [-0.4, -0.2) is 27.1 Å². The number of carbonyl (C=O) groups is 2. The zero-order valence-corrected chi connectivity index (χ0v) is 19.5. The van der Waals surface area contributed by atoms with Crippen molar-refractivity contribution in [2.45, 2.75) is 32.5 Å². The molecule has 1 atom stereocenters. The van der Waals surface area contributed by atoms with Crippen LogP contribution in [0.15, 0.2) is 77.4 Å². The predicted molar refractivity (Wildman–Crippen MR) is 130 cm³/mol. The Bertz CT molecular complexity index is 1360. The van der Waals surface area contributed by atoms with E-state index in [1.807, 2.05) is 31.2 Å². The summed E-state index contributed by atoms with van der Waals surface area (Å²) in [4.78, 5) is 28.9. The lowest BCUT2D eigenvalue weighted by Gasteiger charge is -2.43. The van der Waals surface area contributed by atoms with Crippen molar-refractivity contribution in [1.29, 1.82) is 0 Å². The summed E-state index contributed by atoms with van der Waals surface area (Å²) in [5, 5.41) is 8.14. The van der Waals surface area contributed by atoms with E-state index in [9.17, 15) is 9.59 Å². The number of hydrogen-bond acceptors (Lipinski definition) is 4. The molecule has 1 aliphatic rings. The van der Waals surface area contributed by atoms with Crippen LogP contribution in [0.2, 0.25) is 5.02 Å². The lowest BCUT2D eigenvalue weighted by molar-refractivity contribution is -0.126. The van der Waals surface area contributed by atoms with Crippen LogP contribution in [0.1, 0.15) is 28.5 Å². The molecule has 1 N–H and O–H groups in total. The maximum absolute atomic E-state index is 13.8. The third-order valence-electron chi connectivity index (χ3n) is 6.20. The average molecular weight is 475 g/mol. The molecule has 2 aromatic carbocycles. The molecular formula is C26H23ClN4O3. The molecule has 0 aliphatic carbocycles. The average Bonchev–Trinajstić information content (AvgIpc) is 3.50. The number of rotatable bonds is 5. The van der Waals surface area contributed by atoms with Crippen molar-refractivity contribution in [3.8, 4) is 11.5 Å². The van der Waals surface area contributed by atoms with Gasteiger partial charge < -0.3 is 9.73 Å². The van der Waals surface area contributed by atoms with Gasteiger partial charge in [-0.2, -0.15) is 5.10 Å². The van der Waals surface area contributed by atoms with E-state index in [0.29, 0.717) is 34.4 Å². The van der Waals surface area contributed by atoms with Gasteiger partial charge in [0.2, 0.25) is 5.91 Å². The molecule has 4 aromatic rings. The number of halogens is 1. The third kappa shape index (κ3) is 3.78. The van der Waals surface area contributed by atoms with E-state index in [1.54, 1.807) is 60.3 Å². The van der Waals surface area contributed by atoms with Gasteiger partial charge in [0.25, 0.3) is 5.91 Å². The number of benzene rings is 2. The first kappa shape index (κ1) is 22.0. The van der Waals surface area contributed by atoms with Crippen LogP contribution in [0.3, 0.4) is 0 Å². The van der Waals surface area contributed by atoms with Crippen molar-refractivity contribution < 1.29 is 14.0 Å². The van der Waals surface area contributed by atoms with Gasteiger partial charge in [0.1, 0.15) is 16.9 Å². The van der Waals surface area contributed by atoms with Gasteiger partial charge in [-0.1, -0.05) is 35.9 Å². The van der Waals surface area contributed by atoms with Crippen molar-refractivity contribution >= 4 is 29.1 Å². The summed E-state index contributed by atoms with van der Waals surface area (Å²) in [6.45, 7) is 4.29. The second-order valence-corrected chi connectivity index (χ2v) is 8.99. The Hall–Kier alpha value is -3.84. The number of hydrogen-bond donors (Lipinski definition) is 1. The van der Waals surface area contributed by atoms with Crippen LogP contribution < -0.4 is 10.2 Å². The summed E-state index contributed by atoms with van der Waals surface area (Å²) in [6, 6.07) is 20.0. The van der Waals surface area contributed by atoms with Crippen LogP contribution in [0.4, 0.5) is 5.69 Å². The first-order chi connectivity index (χ1) is 16.4. The van der Waals surface area contributed by atoms with Gasteiger partial charge in [-0.15, -0.1) is 0 Å². The molecule has 0 spiro atoms.